The van der Waals surface area contributed by atoms with E-state index in [2.05, 4.69) is 0 Å². The van der Waals surface area contributed by atoms with Gasteiger partial charge in [0.05, 0.1) is 11.5 Å². The van der Waals surface area contributed by atoms with Crippen LogP contribution in [0.1, 0.15) is 43.5 Å². The fourth-order valence-electron chi connectivity index (χ4n) is 2.87. The number of rotatable bonds is 8. The van der Waals surface area contributed by atoms with Crippen LogP contribution in [0.25, 0.3) is 0 Å². The number of esters is 1. The molecule has 0 aromatic heterocycles. The number of hydrogen-bond acceptors (Lipinski definition) is 6. The van der Waals surface area contributed by atoms with Gasteiger partial charge in [-0.3, -0.25) is 9.59 Å². The van der Waals surface area contributed by atoms with Crippen LogP contribution in [-0.2, 0) is 24.3 Å². The van der Waals surface area contributed by atoms with Gasteiger partial charge in [0.1, 0.15) is 12.6 Å². The number of ketones is 1. The van der Waals surface area contributed by atoms with Crippen LogP contribution >= 0.6 is 0 Å². The molecule has 1 atom stereocenters. The summed E-state index contributed by atoms with van der Waals surface area (Å²) in [6, 6.07) is 4.93. The van der Waals surface area contributed by atoms with Crippen molar-refractivity contribution in [2.75, 3.05) is 26.4 Å². The van der Waals surface area contributed by atoms with E-state index < -0.39 is 22.0 Å². The van der Waals surface area contributed by atoms with Gasteiger partial charge in [0.25, 0.3) is 0 Å². The van der Waals surface area contributed by atoms with Crippen molar-refractivity contribution in [3.8, 4) is 0 Å². The molecule has 0 bridgehead atoms. The Morgan fingerprint density at radius 3 is 2.46 bits per heavy atom. The van der Waals surface area contributed by atoms with Crippen molar-refractivity contribution < 1.29 is 27.5 Å². The first-order valence-corrected chi connectivity index (χ1v) is 10.2. The van der Waals surface area contributed by atoms with Crippen molar-refractivity contribution in [2.45, 2.75) is 44.0 Å². The number of nitrogens with zero attached hydrogens (tertiary/aromatic N) is 1. The highest BCUT2D eigenvalue weighted by atomic mass is 32.2. The maximum Gasteiger partial charge on any atom is 0.324 e. The highest BCUT2D eigenvalue weighted by molar-refractivity contribution is 7.89. The molecule has 8 heteroatoms. The first-order chi connectivity index (χ1) is 12.4. The van der Waals surface area contributed by atoms with E-state index in [-0.39, 0.29) is 30.4 Å². The molecule has 7 nitrogen and oxygen atoms in total. The normalized spacial score (nSPS) is 18.5. The minimum atomic E-state index is -3.84. The van der Waals surface area contributed by atoms with Crippen LogP contribution in [-0.4, -0.2) is 56.9 Å². The molecule has 0 N–H and O–H groups in total. The number of benzene rings is 1. The van der Waals surface area contributed by atoms with Crippen LogP contribution in [0.2, 0.25) is 0 Å². The Kier molecular flexibility index (Phi) is 7.31. The lowest BCUT2D eigenvalue weighted by atomic mass is 10.1. The third-order valence-corrected chi connectivity index (χ3v) is 6.19. The summed E-state index contributed by atoms with van der Waals surface area (Å²) in [7, 11) is -3.84. The summed E-state index contributed by atoms with van der Waals surface area (Å²) in [4.78, 5) is 23.8. The van der Waals surface area contributed by atoms with E-state index in [1.54, 1.807) is 0 Å². The fraction of sp³-hybridized carbons (Fsp3) is 0.556. The number of ether oxygens (including phenoxy) is 2. The molecule has 26 heavy (non-hydrogen) atoms. The Morgan fingerprint density at radius 1 is 1.15 bits per heavy atom. The summed E-state index contributed by atoms with van der Waals surface area (Å²) >= 11 is 0. The van der Waals surface area contributed by atoms with Gasteiger partial charge in [-0.2, -0.15) is 4.31 Å². The summed E-state index contributed by atoms with van der Waals surface area (Å²) < 4.78 is 37.5. The van der Waals surface area contributed by atoms with Gasteiger partial charge in [-0.1, -0.05) is 12.1 Å². The van der Waals surface area contributed by atoms with Gasteiger partial charge in [0.15, 0.2) is 5.78 Å². The molecule has 144 valence electrons. The molecule has 0 aliphatic carbocycles. The Labute approximate surface area is 154 Å². The Bertz CT molecular complexity index is 729. The zero-order valence-electron chi connectivity index (χ0n) is 15.1. The number of sulfonamides is 1. The highest BCUT2D eigenvalue weighted by Gasteiger charge is 2.38. The van der Waals surface area contributed by atoms with E-state index in [4.69, 9.17) is 9.47 Å². The van der Waals surface area contributed by atoms with E-state index in [9.17, 15) is 18.0 Å². The molecule has 1 fully saturated rings. The monoisotopic (exact) mass is 383 g/mol. The molecule has 0 radical (unpaired) electrons. The lowest BCUT2D eigenvalue weighted by molar-refractivity contribution is -0.150. The van der Waals surface area contributed by atoms with Crippen molar-refractivity contribution in [3.63, 3.8) is 0 Å². The third-order valence-electron chi connectivity index (χ3n) is 4.27. The quantitative estimate of drug-likeness (QED) is 0.387. The molecule has 1 heterocycles. The molecule has 1 aliphatic rings. The van der Waals surface area contributed by atoms with Gasteiger partial charge in [-0.15, -0.1) is 0 Å². The topological polar surface area (TPSA) is 90.0 Å². The summed E-state index contributed by atoms with van der Waals surface area (Å²) in [6.07, 6.45) is 1.88. The Hall–Kier alpha value is -1.77. The predicted molar refractivity (Wildman–Crippen MR) is 95.4 cm³/mol. The lowest BCUT2D eigenvalue weighted by Gasteiger charge is -2.33. The second-order valence-corrected chi connectivity index (χ2v) is 7.96. The van der Waals surface area contributed by atoms with E-state index in [0.29, 0.717) is 25.0 Å². The number of hydrogen-bond donors (Lipinski definition) is 0. The number of carbonyl (C=O) groups is 2. The van der Waals surface area contributed by atoms with E-state index in [0.717, 1.165) is 6.42 Å². The average molecular weight is 383 g/mol. The molecule has 1 aromatic rings. The van der Waals surface area contributed by atoms with Gasteiger partial charge >= 0.3 is 5.97 Å². The molecule has 0 spiro atoms. The summed E-state index contributed by atoms with van der Waals surface area (Å²) in [5.74, 6) is -0.684. The summed E-state index contributed by atoms with van der Waals surface area (Å²) in [6.45, 7) is 4.44. The molecule has 1 aromatic carbocycles. The Balaban J connectivity index is 2.16. The van der Waals surface area contributed by atoms with E-state index in [1.807, 2.05) is 6.92 Å². The number of Topliss-reactive ketones (excluding diaryl/α,β-unsaturated/α-hetero) is 1. The number of piperidine rings is 1. The van der Waals surface area contributed by atoms with Crippen molar-refractivity contribution in [1.29, 1.82) is 0 Å². The molecule has 1 unspecified atom stereocenters. The van der Waals surface area contributed by atoms with Gasteiger partial charge < -0.3 is 9.47 Å². The van der Waals surface area contributed by atoms with Crippen LogP contribution in [0.5, 0.6) is 0 Å². The summed E-state index contributed by atoms with van der Waals surface area (Å²) in [5, 5.41) is 0. The SMILES string of the molecule is CCOCCOC(=O)C1CCCCN1S(=O)(=O)c1ccc(C(C)=O)cc1. The second-order valence-electron chi connectivity index (χ2n) is 6.07. The van der Waals surface area contributed by atoms with Crippen LogP contribution in [0.15, 0.2) is 29.2 Å². The maximum absolute atomic E-state index is 13.0. The molecule has 0 saturated carbocycles. The van der Waals surface area contributed by atoms with Gasteiger partial charge in [-0.05, 0) is 45.2 Å². The standard InChI is InChI=1S/C18H25NO6S/c1-3-24-12-13-25-18(21)17-6-4-5-11-19(17)26(22,23)16-9-7-15(8-10-16)14(2)20/h7-10,17H,3-6,11-13H2,1-2H3. The third kappa shape index (κ3) is 4.90. The van der Waals surface area contributed by atoms with Crippen LogP contribution < -0.4 is 0 Å². The first-order valence-electron chi connectivity index (χ1n) is 8.75. The maximum atomic E-state index is 13.0. The van der Waals surface area contributed by atoms with Gasteiger partial charge in [0.2, 0.25) is 10.0 Å². The van der Waals surface area contributed by atoms with Crippen molar-refractivity contribution >= 4 is 21.8 Å². The highest BCUT2D eigenvalue weighted by Crippen LogP contribution is 2.26. The van der Waals surface area contributed by atoms with Gasteiger partial charge in [0, 0.05) is 18.7 Å². The predicted octanol–water partition coefficient (Wildman–Crippen LogP) is 2.01. The molecule has 1 saturated heterocycles. The second kappa shape index (κ2) is 9.25. The minimum absolute atomic E-state index is 0.0662. The molecular formula is C18H25NO6S. The van der Waals surface area contributed by atoms with Crippen molar-refractivity contribution in [1.82, 2.24) is 4.31 Å². The smallest absolute Gasteiger partial charge is 0.324 e. The van der Waals surface area contributed by atoms with Crippen molar-refractivity contribution in [3.05, 3.63) is 29.8 Å². The zero-order valence-corrected chi connectivity index (χ0v) is 16.0. The zero-order chi connectivity index (χ0) is 19.2. The molecular weight excluding hydrogens is 358 g/mol. The van der Waals surface area contributed by atoms with Gasteiger partial charge in [-0.25, -0.2) is 8.42 Å². The lowest BCUT2D eigenvalue weighted by Crippen LogP contribution is -2.48. The Morgan fingerprint density at radius 2 is 1.85 bits per heavy atom. The first kappa shape index (κ1) is 20.5. The molecule has 1 aliphatic heterocycles. The largest absolute Gasteiger partial charge is 0.462 e. The van der Waals surface area contributed by atoms with Crippen molar-refractivity contribution in [2.24, 2.45) is 0 Å². The van der Waals surface area contributed by atoms with Crippen LogP contribution in [0, 0.1) is 0 Å². The number of carbonyl (C=O) groups excluding carboxylic acids is 2. The molecule has 2 rings (SSSR count). The molecule has 0 amide bonds. The average Bonchev–Trinajstić information content (AvgIpc) is 2.65. The van der Waals surface area contributed by atoms with Crippen LogP contribution in [0.3, 0.4) is 0 Å². The van der Waals surface area contributed by atoms with E-state index >= 15 is 0 Å². The fourth-order valence-corrected chi connectivity index (χ4v) is 4.51. The van der Waals surface area contributed by atoms with E-state index in [1.165, 1.54) is 35.5 Å². The van der Waals surface area contributed by atoms with Crippen LogP contribution in [0.4, 0.5) is 0 Å². The summed E-state index contributed by atoms with van der Waals surface area (Å²) in [5.41, 5.74) is 0.439. The minimum Gasteiger partial charge on any atom is -0.462 e.